The molecule has 3 atom stereocenters. The quantitative estimate of drug-likeness (QED) is 0.806. The molecule has 2 amide bonds. The Morgan fingerprint density at radius 1 is 1.22 bits per heavy atom. The molecule has 1 aromatic carbocycles. The van der Waals surface area contributed by atoms with E-state index in [1.54, 1.807) is 0 Å². The fraction of sp³-hybridized carbons (Fsp3) is 0.579. The first-order valence-electron chi connectivity index (χ1n) is 8.55. The second-order valence-electron chi connectivity index (χ2n) is 7.31. The van der Waals surface area contributed by atoms with Gasteiger partial charge in [0.25, 0.3) is 5.91 Å². The van der Waals surface area contributed by atoms with Crippen LogP contribution in [-0.2, 0) is 9.59 Å². The molecular formula is C19H26N2O2. The average molecular weight is 314 g/mol. The van der Waals surface area contributed by atoms with Crippen molar-refractivity contribution >= 4 is 11.8 Å². The summed E-state index contributed by atoms with van der Waals surface area (Å²) in [6.07, 6.45) is 1.84. The number of hydrogen-bond donors (Lipinski definition) is 0. The summed E-state index contributed by atoms with van der Waals surface area (Å²) in [7, 11) is 2.01. The van der Waals surface area contributed by atoms with Crippen LogP contribution in [0.15, 0.2) is 30.3 Å². The Labute approximate surface area is 138 Å². The smallest absolute Gasteiger partial charge is 0.252 e. The molecule has 2 fully saturated rings. The van der Waals surface area contributed by atoms with Crippen LogP contribution in [0.2, 0.25) is 0 Å². The molecule has 0 radical (unpaired) electrons. The Balaban J connectivity index is 2.00. The molecule has 3 rings (SSSR count). The highest BCUT2D eigenvalue weighted by Crippen LogP contribution is 2.52. The van der Waals surface area contributed by atoms with Crippen LogP contribution in [0.25, 0.3) is 0 Å². The van der Waals surface area contributed by atoms with Gasteiger partial charge >= 0.3 is 0 Å². The molecule has 3 unspecified atom stereocenters. The number of likely N-dealkylation sites (tertiary alicyclic amines) is 2. The largest absolute Gasteiger partial charge is 0.290 e. The topological polar surface area (TPSA) is 40.6 Å². The minimum absolute atomic E-state index is 0.0103. The molecule has 4 heteroatoms. The fourth-order valence-corrected chi connectivity index (χ4v) is 3.97. The molecule has 23 heavy (non-hydrogen) atoms. The molecule has 0 aromatic heterocycles. The monoisotopic (exact) mass is 314 g/mol. The zero-order valence-electron chi connectivity index (χ0n) is 14.5. The summed E-state index contributed by atoms with van der Waals surface area (Å²) in [4.78, 5) is 29.6. The molecule has 4 nitrogen and oxygen atoms in total. The second kappa shape index (κ2) is 5.75. The summed E-state index contributed by atoms with van der Waals surface area (Å²) in [6.45, 7) is 6.89. The third-order valence-electron chi connectivity index (χ3n) is 5.77. The third kappa shape index (κ3) is 2.23. The van der Waals surface area contributed by atoms with Crippen molar-refractivity contribution in [1.82, 2.24) is 9.80 Å². The molecule has 2 saturated heterocycles. The number of carbonyl (C=O) groups is 2. The van der Waals surface area contributed by atoms with Crippen molar-refractivity contribution in [3.63, 3.8) is 0 Å². The second-order valence-corrected chi connectivity index (χ2v) is 7.31. The number of imide groups is 1. The van der Waals surface area contributed by atoms with E-state index in [1.165, 1.54) is 4.90 Å². The predicted molar refractivity (Wildman–Crippen MR) is 89.6 cm³/mol. The van der Waals surface area contributed by atoms with Gasteiger partial charge in [0.05, 0.1) is 6.04 Å². The van der Waals surface area contributed by atoms with Crippen LogP contribution < -0.4 is 0 Å². The number of β-lactam (4-membered cyclic amide) rings is 1. The van der Waals surface area contributed by atoms with Gasteiger partial charge in [-0.25, -0.2) is 0 Å². The molecular weight excluding hydrogens is 288 g/mol. The van der Waals surface area contributed by atoms with Gasteiger partial charge in [0.1, 0.15) is 5.54 Å². The van der Waals surface area contributed by atoms with Gasteiger partial charge in [0, 0.05) is 5.92 Å². The van der Waals surface area contributed by atoms with Gasteiger partial charge in [0.15, 0.2) is 0 Å². The highest BCUT2D eigenvalue weighted by atomic mass is 16.2. The Morgan fingerprint density at radius 2 is 1.87 bits per heavy atom. The van der Waals surface area contributed by atoms with E-state index in [2.05, 4.69) is 4.90 Å². The first kappa shape index (κ1) is 16.2. The zero-order chi connectivity index (χ0) is 16.8. The minimum Gasteiger partial charge on any atom is -0.290 e. The van der Waals surface area contributed by atoms with Crippen LogP contribution in [-0.4, -0.2) is 40.7 Å². The van der Waals surface area contributed by atoms with E-state index in [0.29, 0.717) is 0 Å². The van der Waals surface area contributed by atoms with E-state index in [4.69, 9.17) is 0 Å². The Morgan fingerprint density at radius 3 is 2.39 bits per heavy atom. The lowest BCUT2D eigenvalue weighted by molar-refractivity contribution is -0.182. The molecule has 2 aliphatic rings. The number of rotatable bonds is 3. The van der Waals surface area contributed by atoms with Crippen molar-refractivity contribution in [3.8, 4) is 0 Å². The number of benzene rings is 1. The summed E-state index contributed by atoms with van der Waals surface area (Å²) < 4.78 is 0. The van der Waals surface area contributed by atoms with Gasteiger partial charge in [-0.1, -0.05) is 51.1 Å². The van der Waals surface area contributed by atoms with Crippen LogP contribution in [0.5, 0.6) is 0 Å². The number of carbonyl (C=O) groups excluding carboxylic acids is 2. The van der Waals surface area contributed by atoms with Gasteiger partial charge in [-0.2, -0.15) is 0 Å². The molecule has 124 valence electrons. The fourth-order valence-electron chi connectivity index (χ4n) is 3.97. The highest BCUT2D eigenvalue weighted by Gasteiger charge is 2.66. The van der Waals surface area contributed by atoms with E-state index in [9.17, 15) is 9.59 Å². The van der Waals surface area contributed by atoms with Gasteiger partial charge in [0.2, 0.25) is 5.91 Å². The summed E-state index contributed by atoms with van der Waals surface area (Å²) in [5, 5.41) is 0. The normalized spacial score (nSPS) is 29.2. The Bertz CT molecular complexity index is 613. The van der Waals surface area contributed by atoms with E-state index in [-0.39, 0.29) is 29.7 Å². The lowest BCUT2D eigenvalue weighted by Gasteiger charge is -2.57. The molecule has 0 bridgehead atoms. The molecule has 0 N–H and O–H groups in total. The molecule has 0 aliphatic carbocycles. The SMILES string of the molecule is CC(C)C(C)C(=O)N1C(=O)C2(CCCN2C)C1c1ccccc1. The van der Waals surface area contributed by atoms with Crippen LogP contribution in [0.3, 0.4) is 0 Å². The summed E-state index contributed by atoms with van der Waals surface area (Å²) in [5.74, 6) is 0.0347. The van der Waals surface area contributed by atoms with Crippen LogP contribution >= 0.6 is 0 Å². The van der Waals surface area contributed by atoms with Crippen molar-refractivity contribution < 1.29 is 9.59 Å². The van der Waals surface area contributed by atoms with Crippen LogP contribution in [0.4, 0.5) is 0 Å². The third-order valence-corrected chi connectivity index (χ3v) is 5.77. The lowest BCUT2D eigenvalue weighted by atomic mass is 9.72. The first-order chi connectivity index (χ1) is 10.9. The standard InChI is InChI=1S/C19H26N2O2/c1-13(2)14(3)17(22)21-16(15-9-6-5-7-10-15)19(18(21)23)11-8-12-20(19)4/h5-7,9-10,13-14,16H,8,11-12H2,1-4H3. The summed E-state index contributed by atoms with van der Waals surface area (Å²) in [6, 6.07) is 9.84. The first-order valence-corrected chi connectivity index (χ1v) is 8.55. The maximum atomic E-state index is 13.0. The lowest BCUT2D eigenvalue weighted by Crippen LogP contribution is -2.74. The number of nitrogens with zero attached hydrogens (tertiary/aromatic N) is 2. The molecule has 2 aliphatic heterocycles. The summed E-state index contributed by atoms with van der Waals surface area (Å²) >= 11 is 0. The zero-order valence-corrected chi connectivity index (χ0v) is 14.5. The van der Waals surface area contributed by atoms with Gasteiger partial charge in [-0.15, -0.1) is 0 Å². The van der Waals surface area contributed by atoms with E-state index >= 15 is 0 Å². The van der Waals surface area contributed by atoms with E-state index in [1.807, 2.05) is 58.2 Å². The predicted octanol–water partition coefficient (Wildman–Crippen LogP) is 2.85. The van der Waals surface area contributed by atoms with Crippen LogP contribution in [0, 0.1) is 11.8 Å². The van der Waals surface area contributed by atoms with E-state index in [0.717, 1.165) is 24.9 Å². The van der Waals surface area contributed by atoms with Gasteiger partial charge in [-0.05, 0) is 37.9 Å². The van der Waals surface area contributed by atoms with Crippen molar-refractivity contribution in [3.05, 3.63) is 35.9 Å². The maximum absolute atomic E-state index is 13.0. The average Bonchev–Trinajstić information content (AvgIpc) is 2.95. The molecule has 1 spiro atoms. The highest BCUT2D eigenvalue weighted by molar-refractivity contribution is 6.07. The van der Waals surface area contributed by atoms with Crippen molar-refractivity contribution in [2.24, 2.45) is 11.8 Å². The number of hydrogen-bond acceptors (Lipinski definition) is 3. The number of likely N-dealkylation sites (N-methyl/N-ethyl adjacent to an activating group) is 1. The van der Waals surface area contributed by atoms with E-state index < -0.39 is 5.54 Å². The minimum atomic E-state index is -0.520. The van der Waals surface area contributed by atoms with Gasteiger partial charge in [-0.3, -0.25) is 19.4 Å². The van der Waals surface area contributed by atoms with Gasteiger partial charge < -0.3 is 0 Å². The molecule has 0 saturated carbocycles. The Kier molecular flexibility index (Phi) is 4.05. The summed E-state index contributed by atoms with van der Waals surface area (Å²) in [5.41, 5.74) is 0.540. The van der Waals surface area contributed by atoms with Crippen molar-refractivity contribution in [1.29, 1.82) is 0 Å². The van der Waals surface area contributed by atoms with Crippen molar-refractivity contribution in [2.45, 2.75) is 45.2 Å². The molecule has 2 heterocycles. The maximum Gasteiger partial charge on any atom is 0.252 e. The number of amides is 2. The molecule has 1 aromatic rings. The van der Waals surface area contributed by atoms with Crippen LogP contribution in [0.1, 0.15) is 45.2 Å². The Hall–Kier alpha value is -1.68. The van der Waals surface area contributed by atoms with Crippen molar-refractivity contribution in [2.75, 3.05) is 13.6 Å².